The molecule has 0 saturated heterocycles. The lowest BCUT2D eigenvalue weighted by atomic mass is 10.1. The maximum Gasteiger partial charge on any atom is 0.129 e. The van der Waals surface area contributed by atoms with Crippen molar-refractivity contribution >= 4 is 33.2 Å². The fraction of sp³-hybridized carbons (Fsp3) is 0.200. The van der Waals surface area contributed by atoms with Crippen molar-refractivity contribution in [3.8, 4) is 0 Å². The highest BCUT2D eigenvalue weighted by atomic mass is 79.9. The Morgan fingerprint density at radius 2 is 1.95 bits per heavy atom. The maximum absolute atomic E-state index is 13.7. The van der Waals surface area contributed by atoms with E-state index in [-0.39, 0.29) is 5.82 Å². The Morgan fingerprint density at radius 1 is 1.20 bits per heavy atom. The summed E-state index contributed by atoms with van der Waals surface area (Å²) in [6.45, 7) is 0.785. The van der Waals surface area contributed by atoms with Crippen molar-refractivity contribution in [3.63, 3.8) is 0 Å². The molecule has 1 N–H and O–H groups in total. The van der Waals surface area contributed by atoms with E-state index in [1.807, 2.05) is 18.2 Å². The minimum Gasteiger partial charge on any atom is -0.380 e. The van der Waals surface area contributed by atoms with Crippen molar-refractivity contribution < 1.29 is 9.13 Å². The van der Waals surface area contributed by atoms with E-state index in [4.69, 9.17) is 16.3 Å². The largest absolute Gasteiger partial charge is 0.380 e. The Balaban J connectivity index is 2.21. The molecule has 0 atom stereocenters. The quantitative estimate of drug-likeness (QED) is 0.812. The van der Waals surface area contributed by atoms with E-state index in [1.54, 1.807) is 19.2 Å². The summed E-state index contributed by atoms with van der Waals surface area (Å²) in [5.74, 6) is -0.312. The molecular weight excluding hydrogens is 345 g/mol. The minimum absolute atomic E-state index is 0.312. The molecule has 0 spiro atoms. The van der Waals surface area contributed by atoms with Crippen molar-refractivity contribution in [1.29, 1.82) is 0 Å². The number of hydrogen-bond acceptors (Lipinski definition) is 2. The third kappa shape index (κ3) is 3.51. The molecule has 0 bridgehead atoms. The molecule has 0 aliphatic carbocycles. The molecule has 2 aromatic rings. The predicted molar refractivity (Wildman–Crippen MR) is 83.6 cm³/mol. The van der Waals surface area contributed by atoms with Crippen LogP contribution in [0.2, 0.25) is 5.02 Å². The zero-order valence-electron chi connectivity index (χ0n) is 10.9. The van der Waals surface area contributed by atoms with Crippen molar-refractivity contribution in [2.24, 2.45) is 0 Å². The molecule has 5 heteroatoms. The number of nitrogens with one attached hydrogen (secondary N) is 1. The number of ether oxygens (including phenoxy) is 1. The van der Waals surface area contributed by atoms with Crippen LogP contribution in [0.15, 0.2) is 40.9 Å². The normalized spacial score (nSPS) is 10.6. The van der Waals surface area contributed by atoms with Gasteiger partial charge in [0.05, 0.1) is 6.61 Å². The summed E-state index contributed by atoms with van der Waals surface area (Å²) in [7, 11) is 1.64. The molecule has 0 fully saturated rings. The highest BCUT2D eigenvalue weighted by Gasteiger charge is 2.09. The van der Waals surface area contributed by atoms with Crippen LogP contribution in [0.4, 0.5) is 10.1 Å². The molecule has 0 unspecified atom stereocenters. The Kier molecular flexibility index (Phi) is 5.40. The maximum atomic E-state index is 13.7. The van der Waals surface area contributed by atoms with Crippen LogP contribution in [0.1, 0.15) is 11.1 Å². The van der Waals surface area contributed by atoms with E-state index < -0.39 is 0 Å². The molecule has 0 aromatic heterocycles. The van der Waals surface area contributed by atoms with Gasteiger partial charge in [0, 0.05) is 40.0 Å². The summed E-state index contributed by atoms with van der Waals surface area (Å²) >= 11 is 9.50. The Morgan fingerprint density at radius 3 is 2.65 bits per heavy atom. The van der Waals surface area contributed by atoms with Gasteiger partial charge in [0.1, 0.15) is 5.82 Å². The lowest BCUT2D eigenvalue weighted by Crippen LogP contribution is -2.06. The molecule has 2 rings (SSSR count). The van der Waals surface area contributed by atoms with Crippen LogP contribution in [-0.4, -0.2) is 7.11 Å². The Labute approximate surface area is 131 Å². The molecule has 0 saturated carbocycles. The molecule has 0 aliphatic heterocycles. The second-order valence-corrected chi connectivity index (χ2v) is 5.51. The monoisotopic (exact) mass is 357 g/mol. The molecule has 0 amide bonds. The van der Waals surface area contributed by atoms with Crippen LogP contribution < -0.4 is 5.32 Å². The van der Waals surface area contributed by atoms with Gasteiger partial charge in [-0.2, -0.15) is 0 Å². The fourth-order valence-corrected chi connectivity index (χ4v) is 2.61. The number of benzene rings is 2. The summed E-state index contributed by atoms with van der Waals surface area (Å²) in [6.07, 6.45) is 0. The molecular formula is C15H14BrClFNO. The van der Waals surface area contributed by atoms with Crippen molar-refractivity contribution in [2.45, 2.75) is 13.2 Å². The molecule has 106 valence electrons. The summed E-state index contributed by atoms with van der Waals surface area (Å²) < 4.78 is 19.8. The zero-order valence-corrected chi connectivity index (χ0v) is 13.3. The zero-order chi connectivity index (χ0) is 14.5. The summed E-state index contributed by atoms with van der Waals surface area (Å²) in [6, 6.07) is 10.5. The van der Waals surface area contributed by atoms with Gasteiger partial charge in [-0.25, -0.2) is 4.39 Å². The van der Waals surface area contributed by atoms with Crippen LogP contribution in [-0.2, 0) is 17.9 Å². The van der Waals surface area contributed by atoms with Crippen molar-refractivity contribution in [2.75, 3.05) is 12.4 Å². The van der Waals surface area contributed by atoms with Crippen LogP contribution in [0, 0.1) is 5.82 Å². The minimum atomic E-state index is -0.312. The van der Waals surface area contributed by atoms with E-state index >= 15 is 0 Å². The van der Waals surface area contributed by atoms with Gasteiger partial charge in [0.25, 0.3) is 0 Å². The first kappa shape index (κ1) is 15.3. The fourth-order valence-electron chi connectivity index (χ4n) is 1.90. The third-order valence-electron chi connectivity index (χ3n) is 2.92. The van der Waals surface area contributed by atoms with Crippen molar-refractivity contribution in [1.82, 2.24) is 0 Å². The molecule has 0 heterocycles. The van der Waals surface area contributed by atoms with Gasteiger partial charge in [-0.05, 0) is 24.3 Å². The Hall–Kier alpha value is -1.10. The predicted octanol–water partition coefficient (Wildman–Crippen LogP) is 5.00. The van der Waals surface area contributed by atoms with E-state index in [9.17, 15) is 4.39 Å². The first-order valence-corrected chi connectivity index (χ1v) is 7.23. The summed E-state index contributed by atoms with van der Waals surface area (Å²) in [4.78, 5) is 0. The first-order chi connectivity index (χ1) is 9.63. The average Bonchev–Trinajstić information content (AvgIpc) is 2.42. The standard InChI is InChI=1S/C15H14BrClFNO/c1-20-9-11-12(16)4-2-7-15(11)19-8-10-13(17)5-3-6-14(10)18/h2-7,19H,8-9H2,1H3. The van der Waals surface area contributed by atoms with Gasteiger partial charge in [0.2, 0.25) is 0 Å². The van der Waals surface area contributed by atoms with E-state index in [1.165, 1.54) is 6.07 Å². The highest BCUT2D eigenvalue weighted by molar-refractivity contribution is 9.10. The summed E-state index contributed by atoms with van der Waals surface area (Å²) in [5.41, 5.74) is 2.33. The molecule has 2 nitrogen and oxygen atoms in total. The molecule has 20 heavy (non-hydrogen) atoms. The topological polar surface area (TPSA) is 21.3 Å². The van der Waals surface area contributed by atoms with E-state index in [0.29, 0.717) is 23.7 Å². The van der Waals surface area contributed by atoms with Crippen LogP contribution in [0.3, 0.4) is 0 Å². The number of hydrogen-bond donors (Lipinski definition) is 1. The highest BCUT2D eigenvalue weighted by Crippen LogP contribution is 2.27. The lowest BCUT2D eigenvalue weighted by Gasteiger charge is -2.14. The van der Waals surface area contributed by atoms with Crippen LogP contribution in [0.5, 0.6) is 0 Å². The van der Waals surface area contributed by atoms with Gasteiger partial charge in [-0.1, -0.05) is 39.7 Å². The second kappa shape index (κ2) is 7.07. The average molecular weight is 359 g/mol. The van der Waals surface area contributed by atoms with Gasteiger partial charge in [-0.15, -0.1) is 0 Å². The van der Waals surface area contributed by atoms with Crippen LogP contribution in [0.25, 0.3) is 0 Å². The van der Waals surface area contributed by atoms with Crippen molar-refractivity contribution in [3.05, 3.63) is 62.8 Å². The van der Waals surface area contributed by atoms with Gasteiger partial charge >= 0.3 is 0 Å². The number of methoxy groups -OCH3 is 1. The lowest BCUT2D eigenvalue weighted by molar-refractivity contribution is 0.185. The first-order valence-electron chi connectivity index (χ1n) is 6.06. The number of halogens is 3. The Bertz CT molecular complexity index is 586. The van der Waals surface area contributed by atoms with Crippen LogP contribution >= 0.6 is 27.5 Å². The van der Waals surface area contributed by atoms with Gasteiger partial charge in [-0.3, -0.25) is 0 Å². The SMILES string of the molecule is COCc1c(Br)cccc1NCc1c(F)cccc1Cl. The molecule has 2 aromatic carbocycles. The van der Waals surface area contributed by atoms with E-state index in [2.05, 4.69) is 21.2 Å². The molecule has 0 aliphatic rings. The number of rotatable bonds is 5. The van der Waals surface area contributed by atoms with E-state index in [0.717, 1.165) is 15.7 Å². The summed E-state index contributed by atoms with van der Waals surface area (Å²) in [5, 5.41) is 3.62. The smallest absolute Gasteiger partial charge is 0.129 e. The molecule has 0 radical (unpaired) electrons. The van der Waals surface area contributed by atoms with Gasteiger partial charge < -0.3 is 10.1 Å². The second-order valence-electron chi connectivity index (χ2n) is 4.25. The number of anilines is 1. The van der Waals surface area contributed by atoms with Gasteiger partial charge in [0.15, 0.2) is 0 Å². The third-order valence-corrected chi connectivity index (χ3v) is 4.02.